The van der Waals surface area contributed by atoms with Gasteiger partial charge >= 0.3 is 5.97 Å². The van der Waals surface area contributed by atoms with E-state index >= 15 is 0 Å². The Labute approximate surface area is 132 Å². The summed E-state index contributed by atoms with van der Waals surface area (Å²) in [5.74, 6) is 0.197. The zero-order valence-electron chi connectivity index (χ0n) is 11.6. The number of carboxylic acid groups (broad SMARTS) is 1. The van der Waals surface area contributed by atoms with Crippen molar-refractivity contribution in [3.63, 3.8) is 0 Å². The molecule has 2 rings (SSSR count). The summed E-state index contributed by atoms with van der Waals surface area (Å²) in [6, 6.07) is 8.60. The number of thioether (sulfide) groups is 1. The second-order valence-corrected chi connectivity index (χ2v) is 7.55. The van der Waals surface area contributed by atoms with Gasteiger partial charge in [-0.05, 0) is 56.6 Å². The SMILES string of the molecule is CC(CCCSc1cccc(Br)c1)(NC1CC1)C(=O)O. The molecule has 0 spiro atoms. The van der Waals surface area contributed by atoms with Gasteiger partial charge in [-0.15, -0.1) is 11.8 Å². The number of halogens is 1. The van der Waals surface area contributed by atoms with Gasteiger partial charge in [-0.2, -0.15) is 0 Å². The van der Waals surface area contributed by atoms with Gasteiger partial charge in [-0.1, -0.05) is 22.0 Å². The monoisotopic (exact) mass is 357 g/mol. The van der Waals surface area contributed by atoms with Crippen LogP contribution in [0, 0.1) is 0 Å². The zero-order chi connectivity index (χ0) is 14.6. The van der Waals surface area contributed by atoms with Crippen molar-refractivity contribution in [3.05, 3.63) is 28.7 Å². The van der Waals surface area contributed by atoms with Crippen molar-refractivity contribution < 1.29 is 9.90 Å². The van der Waals surface area contributed by atoms with E-state index in [2.05, 4.69) is 33.4 Å². The number of benzene rings is 1. The normalized spacial score (nSPS) is 17.7. The van der Waals surface area contributed by atoms with Gasteiger partial charge < -0.3 is 5.11 Å². The van der Waals surface area contributed by atoms with E-state index in [0.29, 0.717) is 12.5 Å². The lowest BCUT2D eigenvalue weighted by Crippen LogP contribution is -2.50. The van der Waals surface area contributed by atoms with Gasteiger partial charge in [-0.3, -0.25) is 10.1 Å². The Morgan fingerprint density at radius 1 is 1.55 bits per heavy atom. The lowest BCUT2D eigenvalue weighted by Gasteiger charge is -2.26. The van der Waals surface area contributed by atoms with Crippen LogP contribution in [0.25, 0.3) is 0 Å². The van der Waals surface area contributed by atoms with E-state index in [1.807, 2.05) is 12.1 Å². The molecule has 1 unspecified atom stereocenters. The van der Waals surface area contributed by atoms with E-state index in [9.17, 15) is 9.90 Å². The zero-order valence-corrected chi connectivity index (χ0v) is 14.0. The van der Waals surface area contributed by atoms with Crippen LogP contribution < -0.4 is 5.32 Å². The molecule has 1 aromatic rings. The highest BCUT2D eigenvalue weighted by Crippen LogP contribution is 2.27. The highest BCUT2D eigenvalue weighted by atomic mass is 79.9. The average molecular weight is 358 g/mol. The molecule has 0 bridgehead atoms. The Morgan fingerprint density at radius 2 is 2.30 bits per heavy atom. The van der Waals surface area contributed by atoms with E-state index in [1.54, 1.807) is 18.7 Å². The van der Waals surface area contributed by atoms with Crippen molar-refractivity contribution in [1.82, 2.24) is 5.32 Å². The number of hydrogen-bond donors (Lipinski definition) is 2. The van der Waals surface area contributed by atoms with Crippen molar-refractivity contribution in [2.75, 3.05) is 5.75 Å². The molecule has 3 nitrogen and oxygen atoms in total. The van der Waals surface area contributed by atoms with Crippen LogP contribution in [0.2, 0.25) is 0 Å². The minimum absolute atomic E-state index is 0.411. The molecular formula is C15H20BrNO2S. The third-order valence-corrected chi connectivity index (χ3v) is 5.03. The van der Waals surface area contributed by atoms with Gasteiger partial charge in [0, 0.05) is 15.4 Å². The first kappa shape index (κ1) is 15.9. The number of carbonyl (C=O) groups is 1. The molecule has 1 aliphatic rings. The Bertz CT molecular complexity index is 479. The van der Waals surface area contributed by atoms with Crippen molar-refractivity contribution in [2.45, 2.75) is 49.1 Å². The van der Waals surface area contributed by atoms with Gasteiger partial charge in [0.2, 0.25) is 0 Å². The van der Waals surface area contributed by atoms with E-state index in [-0.39, 0.29) is 0 Å². The maximum atomic E-state index is 11.4. The second-order valence-electron chi connectivity index (χ2n) is 5.47. The van der Waals surface area contributed by atoms with Crippen LogP contribution in [-0.4, -0.2) is 28.4 Å². The van der Waals surface area contributed by atoms with E-state index in [0.717, 1.165) is 29.5 Å². The third-order valence-electron chi connectivity index (χ3n) is 3.46. The molecule has 20 heavy (non-hydrogen) atoms. The Kier molecular flexibility index (Phi) is 5.52. The Hall–Kier alpha value is -0.520. The molecule has 110 valence electrons. The third kappa shape index (κ3) is 4.79. The fourth-order valence-electron chi connectivity index (χ4n) is 2.09. The minimum atomic E-state index is -0.779. The van der Waals surface area contributed by atoms with Gasteiger partial charge in [0.05, 0.1) is 0 Å². The number of aliphatic carboxylic acids is 1. The maximum absolute atomic E-state index is 11.4. The molecule has 0 radical (unpaired) electrons. The van der Waals surface area contributed by atoms with E-state index < -0.39 is 11.5 Å². The first-order chi connectivity index (χ1) is 9.49. The summed E-state index contributed by atoms with van der Waals surface area (Å²) in [7, 11) is 0. The van der Waals surface area contributed by atoms with Crippen LogP contribution in [0.5, 0.6) is 0 Å². The molecule has 1 saturated carbocycles. The Balaban J connectivity index is 1.77. The number of rotatable bonds is 8. The summed E-state index contributed by atoms with van der Waals surface area (Å²) < 4.78 is 1.08. The van der Waals surface area contributed by atoms with Crippen molar-refractivity contribution >= 4 is 33.7 Å². The van der Waals surface area contributed by atoms with Crippen molar-refractivity contribution in [1.29, 1.82) is 0 Å². The average Bonchev–Trinajstić information content (AvgIpc) is 3.18. The van der Waals surface area contributed by atoms with Crippen LogP contribution in [0.15, 0.2) is 33.6 Å². The second kappa shape index (κ2) is 6.96. The number of nitrogens with one attached hydrogen (secondary N) is 1. The summed E-state index contributed by atoms with van der Waals surface area (Å²) in [6.45, 7) is 1.80. The van der Waals surface area contributed by atoms with Crippen LogP contribution in [-0.2, 0) is 4.79 Å². The molecular weight excluding hydrogens is 338 g/mol. The lowest BCUT2D eigenvalue weighted by molar-refractivity contribution is -0.144. The first-order valence-electron chi connectivity index (χ1n) is 6.89. The largest absolute Gasteiger partial charge is 0.480 e. The summed E-state index contributed by atoms with van der Waals surface area (Å²) in [5.41, 5.74) is -0.779. The molecule has 5 heteroatoms. The van der Waals surface area contributed by atoms with Crippen LogP contribution >= 0.6 is 27.7 Å². The highest BCUT2D eigenvalue weighted by Gasteiger charge is 2.37. The quantitative estimate of drug-likeness (QED) is 0.546. The van der Waals surface area contributed by atoms with Gasteiger partial charge in [0.15, 0.2) is 0 Å². The predicted octanol–water partition coefficient (Wildman–Crippen LogP) is 3.92. The van der Waals surface area contributed by atoms with Crippen LogP contribution in [0.1, 0.15) is 32.6 Å². The molecule has 0 amide bonds. The molecule has 0 aromatic heterocycles. The first-order valence-corrected chi connectivity index (χ1v) is 8.67. The summed E-state index contributed by atoms with van der Waals surface area (Å²) in [4.78, 5) is 12.6. The van der Waals surface area contributed by atoms with Gasteiger partial charge in [-0.25, -0.2) is 0 Å². The summed E-state index contributed by atoms with van der Waals surface area (Å²) in [6.07, 6.45) is 3.77. The predicted molar refractivity (Wildman–Crippen MR) is 86.3 cm³/mol. The highest BCUT2D eigenvalue weighted by molar-refractivity contribution is 9.10. The molecule has 1 fully saturated rings. The van der Waals surface area contributed by atoms with Crippen molar-refractivity contribution in [2.24, 2.45) is 0 Å². The summed E-state index contributed by atoms with van der Waals surface area (Å²) >= 11 is 5.23. The summed E-state index contributed by atoms with van der Waals surface area (Å²) in [5, 5.41) is 12.6. The van der Waals surface area contributed by atoms with E-state index in [4.69, 9.17) is 0 Å². The van der Waals surface area contributed by atoms with Gasteiger partial charge in [0.1, 0.15) is 5.54 Å². The smallest absolute Gasteiger partial charge is 0.323 e. The fourth-order valence-corrected chi connectivity index (χ4v) is 3.55. The van der Waals surface area contributed by atoms with Gasteiger partial charge in [0.25, 0.3) is 0 Å². The lowest BCUT2D eigenvalue weighted by atomic mass is 9.96. The Morgan fingerprint density at radius 3 is 2.90 bits per heavy atom. The maximum Gasteiger partial charge on any atom is 0.323 e. The molecule has 1 aliphatic carbocycles. The fraction of sp³-hybridized carbons (Fsp3) is 0.533. The number of carboxylic acids is 1. The van der Waals surface area contributed by atoms with Crippen molar-refractivity contribution in [3.8, 4) is 0 Å². The minimum Gasteiger partial charge on any atom is -0.480 e. The molecule has 2 N–H and O–H groups in total. The molecule has 0 heterocycles. The molecule has 0 aliphatic heterocycles. The number of hydrogen-bond acceptors (Lipinski definition) is 3. The van der Waals surface area contributed by atoms with Crippen LogP contribution in [0.3, 0.4) is 0 Å². The van der Waals surface area contributed by atoms with E-state index in [1.165, 1.54) is 4.90 Å². The topological polar surface area (TPSA) is 49.3 Å². The standard InChI is InChI=1S/C15H20BrNO2S/c1-15(14(18)19,17-12-6-7-12)8-3-9-20-13-5-2-4-11(16)10-13/h2,4-5,10,12,17H,3,6-9H2,1H3,(H,18,19). The molecule has 0 saturated heterocycles. The molecule has 1 aromatic carbocycles. The van der Waals surface area contributed by atoms with Crippen LogP contribution in [0.4, 0.5) is 0 Å². The molecule has 1 atom stereocenters.